The first kappa shape index (κ1) is 19.6. The van der Waals surface area contributed by atoms with Crippen molar-refractivity contribution in [1.82, 2.24) is 14.0 Å². The van der Waals surface area contributed by atoms with Crippen molar-refractivity contribution in [3.63, 3.8) is 0 Å². The second-order valence-electron chi connectivity index (χ2n) is 8.48. The molecule has 0 spiro atoms. The Hall–Kier alpha value is -3.31. The van der Waals surface area contributed by atoms with Gasteiger partial charge in [0.15, 0.2) is 0 Å². The van der Waals surface area contributed by atoms with E-state index in [0.29, 0.717) is 0 Å². The van der Waals surface area contributed by atoms with E-state index in [0.717, 1.165) is 47.6 Å². The van der Waals surface area contributed by atoms with E-state index in [2.05, 4.69) is 72.7 Å². The van der Waals surface area contributed by atoms with Crippen LogP contribution < -0.4 is 14.0 Å². The van der Waals surface area contributed by atoms with Crippen LogP contribution in [-0.2, 0) is 0 Å². The minimum Gasteiger partial charge on any atom is -0.496 e. The molecule has 1 aliphatic heterocycles. The van der Waals surface area contributed by atoms with E-state index in [1.165, 1.54) is 16.5 Å². The number of rotatable bonds is 5. The summed E-state index contributed by atoms with van der Waals surface area (Å²) in [6, 6.07) is 21.1. The molecule has 5 rings (SSSR count). The Bertz CT molecular complexity index is 1170. The highest BCUT2D eigenvalue weighted by molar-refractivity contribution is 5.97. The Kier molecular flexibility index (Phi) is 5.12. The van der Waals surface area contributed by atoms with Crippen molar-refractivity contribution >= 4 is 16.5 Å². The number of quaternary nitrogens is 1. The molecule has 5 nitrogen and oxygen atoms in total. The minimum atomic E-state index is 0.179. The Morgan fingerprint density at radius 1 is 1.00 bits per heavy atom. The van der Waals surface area contributed by atoms with Crippen LogP contribution in [0.1, 0.15) is 12.8 Å². The smallest absolute Gasteiger partial charge is 0.148 e. The molecule has 3 aromatic carbocycles. The van der Waals surface area contributed by atoms with Crippen LogP contribution in [0.15, 0.2) is 79.4 Å². The summed E-state index contributed by atoms with van der Waals surface area (Å²) in [6.45, 7) is 2.05. The summed E-state index contributed by atoms with van der Waals surface area (Å²) in [5.74, 6) is 1.84. The van der Waals surface area contributed by atoms with Gasteiger partial charge in [-0.05, 0) is 42.8 Å². The Morgan fingerprint density at radius 2 is 1.81 bits per heavy atom. The molecule has 2 heterocycles. The molecular formula is C26H28N3O2+. The lowest BCUT2D eigenvalue weighted by Gasteiger charge is -2.41. The number of ether oxygens (including phenoxy) is 2. The lowest BCUT2D eigenvalue weighted by molar-refractivity contribution is 0.107. The Morgan fingerprint density at radius 3 is 2.55 bits per heavy atom. The van der Waals surface area contributed by atoms with Crippen LogP contribution in [0.5, 0.6) is 11.5 Å². The lowest BCUT2D eigenvalue weighted by atomic mass is 10.0. The molecule has 2 atom stereocenters. The van der Waals surface area contributed by atoms with Crippen molar-refractivity contribution in [1.29, 1.82) is 0 Å². The molecule has 1 aliphatic rings. The van der Waals surface area contributed by atoms with Gasteiger partial charge >= 0.3 is 0 Å². The summed E-state index contributed by atoms with van der Waals surface area (Å²) in [5, 5.41) is 2.43. The predicted octanol–water partition coefficient (Wildman–Crippen LogP) is 5.21. The first-order valence-corrected chi connectivity index (χ1v) is 10.8. The van der Waals surface area contributed by atoms with Gasteiger partial charge < -0.3 is 14.0 Å². The Balaban J connectivity index is 1.38. The van der Waals surface area contributed by atoms with Crippen LogP contribution >= 0.6 is 0 Å². The summed E-state index contributed by atoms with van der Waals surface area (Å²) < 4.78 is 14.9. The SMILES string of the molecule is COc1ccc([N+]2(C)CCCC(Oc3ccc(-n4ccnc4)cc3)C2)c2ccccc12. The van der Waals surface area contributed by atoms with Gasteiger partial charge in [-0.15, -0.1) is 0 Å². The molecule has 5 heteroatoms. The predicted molar refractivity (Wildman–Crippen MR) is 125 cm³/mol. The molecule has 1 saturated heterocycles. The van der Waals surface area contributed by atoms with Crippen molar-refractivity contribution < 1.29 is 9.47 Å². The van der Waals surface area contributed by atoms with Gasteiger partial charge in [0.1, 0.15) is 29.8 Å². The van der Waals surface area contributed by atoms with Crippen LogP contribution in [-0.4, -0.2) is 42.9 Å². The van der Waals surface area contributed by atoms with Gasteiger partial charge in [0, 0.05) is 41.3 Å². The monoisotopic (exact) mass is 414 g/mol. The van der Waals surface area contributed by atoms with Crippen molar-refractivity contribution in [2.24, 2.45) is 0 Å². The van der Waals surface area contributed by atoms with E-state index in [4.69, 9.17) is 9.47 Å². The highest BCUT2D eigenvalue weighted by atomic mass is 16.5. The molecule has 0 amide bonds. The fourth-order valence-corrected chi connectivity index (χ4v) is 4.82. The molecule has 1 aromatic heterocycles. The molecule has 1 fully saturated rings. The van der Waals surface area contributed by atoms with Gasteiger partial charge in [-0.2, -0.15) is 0 Å². The number of likely N-dealkylation sites (tertiary alicyclic amines) is 1. The second-order valence-corrected chi connectivity index (χ2v) is 8.48. The zero-order chi connectivity index (χ0) is 21.3. The van der Waals surface area contributed by atoms with E-state index in [1.807, 2.05) is 10.8 Å². The van der Waals surface area contributed by atoms with Crippen LogP contribution in [0.2, 0.25) is 0 Å². The van der Waals surface area contributed by atoms with E-state index >= 15 is 0 Å². The number of benzene rings is 3. The van der Waals surface area contributed by atoms with Gasteiger partial charge in [-0.25, -0.2) is 4.98 Å². The van der Waals surface area contributed by atoms with Crippen molar-refractivity contribution in [2.45, 2.75) is 18.9 Å². The van der Waals surface area contributed by atoms with Crippen LogP contribution in [0, 0.1) is 0 Å². The zero-order valence-corrected chi connectivity index (χ0v) is 18.1. The van der Waals surface area contributed by atoms with E-state index in [1.54, 1.807) is 19.6 Å². The van der Waals surface area contributed by atoms with Gasteiger partial charge in [0.05, 0.1) is 27.0 Å². The maximum atomic E-state index is 6.44. The van der Waals surface area contributed by atoms with Crippen LogP contribution in [0.4, 0.5) is 5.69 Å². The molecule has 31 heavy (non-hydrogen) atoms. The summed E-state index contributed by atoms with van der Waals surface area (Å²) in [6.07, 6.45) is 7.92. The number of aromatic nitrogens is 2. The average Bonchev–Trinajstić information content (AvgIpc) is 3.34. The summed E-state index contributed by atoms with van der Waals surface area (Å²) in [4.78, 5) is 4.11. The van der Waals surface area contributed by atoms with Gasteiger partial charge in [-0.1, -0.05) is 18.2 Å². The fraction of sp³-hybridized carbons (Fsp3) is 0.269. The van der Waals surface area contributed by atoms with E-state index in [9.17, 15) is 0 Å². The summed E-state index contributed by atoms with van der Waals surface area (Å²) >= 11 is 0. The first-order valence-electron chi connectivity index (χ1n) is 10.8. The third-order valence-electron chi connectivity index (χ3n) is 6.39. The maximum absolute atomic E-state index is 6.44. The third-order valence-corrected chi connectivity index (χ3v) is 6.39. The first-order chi connectivity index (χ1) is 15.2. The number of imidazole rings is 1. The lowest BCUT2D eigenvalue weighted by Crippen LogP contribution is -2.55. The van der Waals surface area contributed by atoms with Crippen molar-refractivity contribution in [3.8, 4) is 17.2 Å². The molecule has 0 bridgehead atoms. The van der Waals surface area contributed by atoms with Gasteiger partial charge in [-0.3, -0.25) is 4.48 Å². The molecule has 2 unspecified atom stereocenters. The van der Waals surface area contributed by atoms with Crippen LogP contribution in [0.3, 0.4) is 0 Å². The Labute approximate surface area is 183 Å². The normalized spacial score (nSPS) is 21.2. The summed E-state index contributed by atoms with van der Waals surface area (Å²) in [7, 11) is 4.06. The zero-order valence-electron chi connectivity index (χ0n) is 18.1. The molecule has 0 radical (unpaired) electrons. The number of fused-ring (bicyclic) bond motifs is 1. The van der Waals surface area contributed by atoms with Gasteiger partial charge in [0.2, 0.25) is 0 Å². The molecule has 0 aliphatic carbocycles. The van der Waals surface area contributed by atoms with Crippen molar-refractivity contribution in [2.75, 3.05) is 27.2 Å². The summed E-state index contributed by atoms with van der Waals surface area (Å²) in [5.41, 5.74) is 2.42. The molecule has 0 N–H and O–H groups in total. The number of likely N-dealkylation sites (N-methyl/N-ethyl adjacent to an activating group) is 1. The average molecular weight is 415 g/mol. The topological polar surface area (TPSA) is 36.3 Å². The fourth-order valence-electron chi connectivity index (χ4n) is 4.82. The molecule has 158 valence electrons. The number of hydrogen-bond donors (Lipinski definition) is 0. The number of nitrogens with zero attached hydrogens (tertiary/aromatic N) is 3. The van der Waals surface area contributed by atoms with Gasteiger partial charge in [0.25, 0.3) is 0 Å². The quantitative estimate of drug-likeness (QED) is 0.421. The molecule has 0 saturated carbocycles. The maximum Gasteiger partial charge on any atom is 0.148 e. The third kappa shape index (κ3) is 3.77. The highest BCUT2D eigenvalue weighted by Gasteiger charge is 2.36. The van der Waals surface area contributed by atoms with E-state index < -0.39 is 0 Å². The van der Waals surface area contributed by atoms with E-state index in [-0.39, 0.29) is 6.10 Å². The number of hydrogen-bond acceptors (Lipinski definition) is 3. The largest absolute Gasteiger partial charge is 0.496 e. The minimum absolute atomic E-state index is 0.179. The standard InChI is InChI=1S/C26H28N3O2/c1-29(25-13-14-26(30-2)24-8-4-3-7-23(24)25)17-5-6-22(18-29)31-21-11-9-20(10-12-21)28-16-15-27-19-28/h3-4,7-16,19,22H,5-6,17-18H2,1-2H3/q+1. The van der Waals surface area contributed by atoms with Crippen molar-refractivity contribution in [3.05, 3.63) is 79.4 Å². The highest BCUT2D eigenvalue weighted by Crippen LogP contribution is 2.38. The number of piperidine rings is 1. The molecular weight excluding hydrogens is 386 g/mol. The second kappa shape index (κ2) is 8.08. The van der Waals surface area contributed by atoms with Crippen LogP contribution in [0.25, 0.3) is 16.5 Å². The molecule has 4 aromatic rings. The number of methoxy groups -OCH3 is 1.